The fourth-order valence-corrected chi connectivity index (χ4v) is 4.69. The molecule has 3 aromatic rings. The topological polar surface area (TPSA) is 65.0 Å². The number of fused-ring (bicyclic) bond motifs is 1. The van der Waals surface area contributed by atoms with E-state index in [2.05, 4.69) is 40.2 Å². The first kappa shape index (κ1) is 23.3. The van der Waals surface area contributed by atoms with Crippen molar-refractivity contribution in [3.8, 4) is 5.75 Å². The Labute approximate surface area is 195 Å². The van der Waals surface area contributed by atoms with Crippen LogP contribution in [0.2, 0.25) is 0 Å². The molecule has 2 heterocycles. The van der Waals surface area contributed by atoms with Crippen LogP contribution < -0.4 is 10.1 Å². The number of nitrogens with zero attached hydrogens (tertiary/aromatic N) is 2. The van der Waals surface area contributed by atoms with Crippen LogP contribution >= 0.6 is 0 Å². The highest BCUT2D eigenvalue weighted by molar-refractivity contribution is 5.94. The molecule has 1 saturated heterocycles. The molecule has 0 bridgehead atoms. The first-order valence-corrected chi connectivity index (χ1v) is 11.2. The predicted octanol–water partition coefficient (Wildman–Crippen LogP) is 3.14. The number of carbonyl (C=O) groups excluding carboxylic acids is 1. The molecule has 1 amide bonds. The fraction of sp³-hybridized carbons (Fsp3) is 0.423. The average molecular weight is 452 g/mol. The van der Waals surface area contributed by atoms with Crippen LogP contribution in [0, 0.1) is 6.92 Å². The molecule has 2 unspecified atom stereocenters. The van der Waals surface area contributed by atoms with E-state index < -0.39 is 0 Å². The van der Waals surface area contributed by atoms with Crippen LogP contribution in [0.15, 0.2) is 48.7 Å². The minimum Gasteiger partial charge on any atom is -0.497 e. The van der Waals surface area contributed by atoms with Gasteiger partial charge in [0.2, 0.25) is 0 Å². The maximum Gasteiger partial charge on any atom is 0.251 e. The van der Waals surface area contributed by atoms with E-state index in [1.54, 1.807) is 21.3 Å². The Kier molecular flexibility index (Phi) is 7.02. The number of benzene rings is 2. The van der Waals surface area contributed by atoms with Crippen LogP contribution in [0.4, 0.5) is 0 Å². The standard InChI is InChI=1S/C26H33N3O4/c1-17-6-8-18(9-7-17)26(30)27-25-23(32-4)15-29(16-24(25)33-5)14-19-13-28(2)22-11-10-20(31-3)12-21(19)22/h6-13,23-25H,14-16H2,1-5H3,(H,27,30). The lowest BCUT2D eigenvalue weighted by molar-refractivity contribution is -0.0717. The second-order valence-electron chi connectivity index (χ2n) is 8.76. The Balaban J connectivity index is 1.51. The molecule has 1 aliphatic rings. The molecule has 0 saturated carbocycles. The summed E-state index contributed by atoms with van der Waals surface area (Å²) in [6.07, 6.45) is 1.78. The van der Waals surface area contributed by atoms with Gasteiger partial charge in [0, 0.05) is 63.6 Å². The van der Waals surface area contributed by atoms with Crippen molar-refractivity contribution < 1.29 is 19.0 Å². The van der Waals surface area contributed by atoms with Gasteiger partial charge in [-0.3, -0.25) is 9.69 Å². The molecule has 7 heteroatoms. The highest BCUT2D eigenvalue weighted by Gasteiger charge is 2.38. The van der Waals surface area contributed by atoms with Crippen LogP contribution in [0.3, 0.4) is 0 Å². The third-order valence-electron chi connectivity index (χ3n) is 6.57. The maximum absolute atomic E-state index is 12.9. The van der Waals surface area contributed by atoms with E-state index in [1.165, 1.54) is 10.9 Å². The van der Waals surface area contributed by atoms with Gasteiger partial charge in [-0.2, -0.15) is 0 Å². The molecular weight excluding hydrogens is 418 g/mol. The number of likely N-dealkylation sites (tertiary alicyclic amines) is 1. The van der Waals surface area contributed by atoms with Crippen LogP contribution in [0.25, 0.3) is 10.9 Å². The van der Waals surface area contributed by atoms with E-state index in [4.69, 9.17) is 14.2 Å². The summed E-state index contributed by atoms with van der Waals surface area (Å²) >= 11 is 0. The molecular formula is C26H33N3O4. The number of aromatic nitrogens is 1. The highest BCUT2D eigenvalue weighted by Crippen LogP contribution is 2.28. The largest absolute Gasteiger partial charge is 0.497 e. The number of hydrogen-bond donors (Lipinski definition) is 1. The summed E-state index contributed by atoms with van der Waals surface area (Å²) in [5.74, 6) is 0.732. The second kappa shape index (κ2) is 9.95. The maximum atomic E-state index is 12.9. The van der Waals surface area contributed by atoms with Crippen LogP contribution in [0.1, 0.15) is 21.5 Å². The number of nitrogens with one attached hydrogen (secondary N) is 1. The van der Waals surface area contributed by atoms with Crippen LogP contribution in [-0.4, -0.2) is 68.0 Å². The van der Waals surface area contributed by atoms with E-state index >= 15 is 0 Å². The zero-order valence-electron chi connectivity index (χ0n) is 20.0. The Morgan fingerprint density at radius 2 is 1.70 bits per heavy atom. The SMILES string of the molecule is COc1ccc2c(c1)c(CN1CC(OC)C(NC(=O)c3ccc(C)cc3)C(OC)C1)cn2C. The lowest BCUT2D eigenvalue weighted by Crippen LogP contribution is -2.62. The van der Waals surface area contributed by atoms with Gasteiger partial charge in [0.25, 0.3) is 5.91 Å². The highest BCUT2D eigenvalue weighted by atomic mass is 16.5. The van der Waals surface area contributed by atoms with Gasteiger partial charge in [-0.25, -0.2) is 0 Å². The van der Waals surface area contributed by atoms with Crippen LogP contribution in [-0.2, 0) is 23.1 Å². The smallest absolute Gasteiger partial charge is 0.251 e. The van der Waals surface area contributed by atoms with Gasteiger partial charge in [0.1, 0.15) is 5.75 Å². The molecule has 1 aromatic heterocycles. The Morgan fingerprint density at radius 1 is 1.03 bits per heavy atom. The molecule has 0 radical (unpaired) electrons. The van der Waals surface area contributed by atoms with Crippen molar-refractivity contribution in [3.63, 3.8) is 0 Å². The number of ether oxygens (including phenoxy) is 3. The normalized spacial score (nSPS) is 21.3. The van der Waals surface area contributed by atoms with Gasteiger partial charge >= 0.3 is 0 Å². The molecule has 7 nitrogen and oxygen atoms in total. The van der Waals surface area contributed by atoms with Gasteiger partial charge in [-0.1, -0.05) is 17.7 Å². The van der Waals surface area contributed by atoms with Crippen LogP contribution in [0.5, 0.6) is 5.75 Å². The third kappa shape index (κ3) is 4.90. The van der Waals surface area contributed by atoms with Gasteiger partial charge in [-0.05, 0) is 42.8 Å². The van der Waals surface area contributed by atoms with Crippen molar-refractivity contribution in [2.75, 3.05) is 34.4 Å². The van der Waals surface area contributed by atoms with Gasteiger partial charge in [0.15, 0.2) is 0 Å². The minimum atomic E-state index is -0.238. The first-order valence-electron chi connectivity index (χ1n) is 11.2. The van der Waals surface area contributed by atoms with E-state index in [-0.39, 0.29) is 24.2 Å². The molecule has 2 atom stereocenters. The summed E-state index contributed by atoms with van der Waals surface area (Å²) in [6, 6.07) is 13.5. The van der Waals surface area contributed by atoms with E-state index in [0.29, 0.717) is 18.7 Å². The molecule has 4 rings (SSSR count). The second-order valence-corrected chi connectivity index (χ2v) is 8.76. The Bertz CT molecular complexity index is 1090. The van der Waals surface area contributed by atoms with Crippen molar-refractivity contribution in [1.29, 1.82) is 0 Å². The Morgan fingerprint density at radius 3 is 2.30 bits per heavy atom. The summed E-state index contributed by atoms with van der Waals surface area (Å²) in [5.41, 5.74) is 4.14. The molecule has 2 aromatic carbocycles. The minimum absolute atomic E-state index is 0.112. The molecule has 0 aliphatic carbocycles. The number of aryl methyl sites for hydroxylation is 2. The van der Waals surface area contributed by atoms with Crippen molar-refractivity contribution in [2.24, 2.45) is 7.05 Å². The van der Waals surface area contributed by atoms with Crippen molar-refractivity contribution in [3.05, 3.63) is 65.4 Å². The quantitative estimate of drug-likeness (QED) is 0.598. The summed E-state index contributed by atoms with van der Waals surface area (Å²) in [6.45, 7) is 4.14. The molecule has 33 heavy (non-hydrogen) atoms. The number of rotatable bonds is 7. The molecule has 1 fully saturated rings. The van der Waals surface area contributed by atoms with Crippen molar-refractivity contribution in [1.82, 2.24) is 14.8 Å². The first-order chi connectivity index (χ1) is 15.9. The number of carbonyl (C=O) groups is 1. The van der Waals surface area contributed by atoms with Crippen molar-refractivity contribution in [2.45, 2.75) is 31.7 Å². The number of methoxy groups -OCH3 is 3. The predicted molar refractivity (Wildman–Crippen MR) is 129 cm³/mol. The lowest BCUT2D eigenvalue weighted by Gasteiger charge is -2.42. The average Bonchev–Trinajstić information content (AvgIpc) is 3.14. The summed E-state index contributed by atoms with van der Waals surface area (Å²) < 4.78 is 19.2. The van der Waals surface area contributed by atoms with Gasteiger partial charge in [0.05, 0.1) is 25.4 Å². The van der Waals surface area contributed by atoms with Gasteiger partial charge < -0.3 is 24.1 Å². The number of piperidine rings is 1. The number of hydrogen-bond acceptors (Lipinski definition) is 5. The molecule has 1 aliphatic heterocycles. The van der Waals surface area contributed by atoms with Crippen molar-refractivity contribution >= 4 is 16.8 Å². The monoisotopic (exact) mass is 451 g/mol. The summed E-state index contributed by atoms with van der Waals surface area (Å²) in [7, 11) is 7.12. The zero-order valence-corrected chi connectivity index (χ0v) is 20.0. The summed E-state index contributed by atoms with van der Waals surface area (Å²) in [5, 5.41) is 4.33. The molecule has 1 N–H and O–H groups in total. The molecule has 0 spiro atoms. The van der Waals surface area contributed by atoms with E-state index in [9.17, 15) is 4.79 Å². The van der Waals surface area contributed by atoms with E-state index in [1.807, 2.05) is 37.3 Å². The zero-order chi connectivity index (χ0) is 23.5. The molecule has 176 valence electrons. The number of amides is 1. The van der Waals surface area contributed by atoms with E-state index in [0.717, 1.165) is 23.4 Å². The third-order valence-corrected chi connectivity index (χ3v) is 6.57. The Hall–Kier alpha value is -2.87. The fourth-order valence-electron chi connectivity index (χ4n) is 4.69. The lowest BCUT2D eigenvalue weighted by atomic mass is 9.97. The summed E-state index contributed by atoms with van der Waals surface area (Å²) in [4.78, 5) is 15.2. The van der Waals surface area contributed by atoms with Gasteiger partial charge in [-0.15, -0.1) is 0 Å².